The quantitative estimate of drug-likeness (QED) is 0.524. The van der Waals surface area contributed by atoms with Crippen molar-refractivity contribution < 1.29 is 4.74 Å². The number of benzene rings is 2. The molecule has 0 unspecified atom stereocenters. The summed E-state index contributed by atoms with van der Waals surface area (Å²) in [5, 5.41) is 13.9. The fourth-order valence-corrected chi connectivity index (χ4v) is 4.79. The van der Waals surface area contributed by atoms with Gasteiger partial charge in [0.05, 0.1) is 0 Å². The second kappa shape index (κ2) is 7.84. The number of anilines is 1. The summed E-state index contributed by atoms with van der Waals surface area (Å²) in [5.41, 5.74) is 3.46. The van der Waals surface area contributed by atoms with Crippen LogP contribution in [-0.2, 0) is 5.75 Å². The van der Waals surface area contributed by atoms with E-state index in [1.165, 1.54) is 6.42 Å². The zero-order valence-corrected chi connectivity index (χ0v) is 17.5. The van der Waals surface area contributed by atoms with Crippen LogP contribution in [0.15, 0.2) is 53.7 Å². The van der Waals surface area contributed by atoms with Gasteiger partial charge in [0, 0.05) is 34.9 Å². The van der Waals surface area contributed by atoms with Crippen molar-refractivity contribution in [2.45, 2.75) is 48.7 Å². The fourth-order valence-electron chi connectivity index (χ4n) is 3.93. The van der Waals surface area contributed by atoms with E-state index in [0.29, 0.717) is 16.7 Å². The summed E-state index contributed by atoms with van der Waals surface area (Å²) < 4.78 is 6.52. The maximum atomic E-state index is 6.52. The number of hydrogen-bond acceptors (Lipinski definition) is 6. The number of aromatic nitrogens is 3. The number of halogens is 1. The van der Waals surface area contributed by atoms with E-state index < -0.39 is 5.72 Å². The summed E-state index contributed by atoms with van der Waals surface area (Å²) in [6, 6.07) is 16.0. The van der Waals surface area contributed by atoms with Crippen LogP contribution in [0.4, 0.5) is 5.69 Å². The summed E-state index contributed by atoms with van der Waals surface area (Å²) in [5.74, 6) is 1.32. The van der Waals surface area contributed by atoms with Crippen molar-refractivity contribution in [1.29, 1.82) is 0 Å². The molecule has 2 aliphatic rings. The lowest BCUT2D eigenvalue weighted by Gasteiger charge is -2.37. The Morgan fingerprint density at radius 2 is 1.79 bits per heavy atom. The Kier molecular flexibility index (Phi) is 5.06. The molecule has 5 rings (SSSR count). The topological polar surface area (TPSA) is 59.9 Å². The third-order valence-corrected chi connectivity index (χ3v) is 6.58. The summed E-state index contributed by atoms with van der Waals surface area (Å²) in [6.45, 7) is 0. The second-order valence-electron chi connectivity index (χ2n) is 7.49. The zero-order chi connectivity index (χ0) is 19.7. The van der Waals surface area contributed by atoms with Gasteiger partial charge in [-0.2, -0.15) is 4.98 Å². The smallest absolute Gasteiger partial charge is 0.247 e. The van der Waals surface area contributed by atoms with Crippen LogP contribution in [0, 0.1) is 0 Å². The Labute approximate surface area is 179 Å². The van der Waals surface area contributed by atoms with Gasteiger partial charge in [-0.1, -0.05) is 60.1 Å². The molecule has 148 valence electrons. The molecule has 1 aromatic heterocycles. The number of para-hydroxylation sites is 1. The maximum Gasteiger partial charge on any atom is 0.247 e. The molecule has 1 aliphatic carbocycles. The molecule has 2 heterocycles. The highest BCUT2D eigenvalue weighted by molar-refractivity contribution is 7.98. The van der Waals surface area contributed by atoms with Crippen LogP contribution in [-0.4, -0.2) is 20.9 Å². The first-order valence-electron chi connectivity index (χ1n) is 9.89. The highest BCUT2D eigenvalue weighted by atomic mass is 35.5. The predicted molar refractivity (Wildman–Crippen MR) is 116 cm³/mol. The van der Waals surface area contributed by atoms with Crippen LogP contribution in [0.5, 0.6) is 5.88 Å². The van der Waals surface area contributed by atoms with Crippen molar-refractivity contribution in [1.82, 2.24) is 15.2 Å². The van der Waals surface area contributed by atoms with Gasteiger partial charge < -0.3 is 10.1 Å². The number of nitrogens with one attached hydrogen (secondary N) is 1. The third-order valence-electron chi connectivity index (χ3n) is 5.41. The standard InChI is InChI=1S/C22H21ClN4OS/c23-16-10-8-15(9-11-16)14-29-21-24-20-19(26-27-21)17-6-2-3-7-18(17)25-22(28-20)12-4-1-5-13-22/h2-3,6-11,25H,1,4-5,12-14H2. The SMILES string of the molecule is Clc1ccc(CSc2nnc3c(n2)OC2(CCCCC2)Nc2ccccc2-3)cc1. The number of rotatable bonds is 3. The lowest BCUT2D eigenvalue weighted by atomic mass is 9.91. The molecule has 0 bridgehead atoms. The molecule has 0 radical (unpaired) electrons. The predicted octanol–water partition coefficient (Wildman–Crippen LogP) is 5.95. The molecule has 0 saturated heterocycles. The Bertz CT molecular complexity index is 1020. The Morgan fingerprint density at radius 1 is 1.00 bits per heavy atom. The molecule has 0 atom stereocenters. The normalized spacial score (nSPS) is 16.9. The average Bonchev–Trinajstić information content (AvgIpc) is 2.87. The van der Waals surface area contributed by atoms with E-state index in [4.69, 9.17) is 21.3 Å². The van der Waals surface area contributed by atoms with Crippen molar-refractivity contribution in [2.75, 3.05) is 5.32 Å². The van der Waals surface area contributed by atoms with E-state index in [2.05, 4.69) is 21.6 Å². The molecule has 0 amide bonds. The van der Waals surface area contributed by atoms with E-state index in [1.54, 1.807) is 11.8 Å². The van der Waals surface area contributed by atoms with Crippen molar-refractivity contribution in [3.63, 3.8) is 0 Å². The average molecular weight is 425 g/mol. The van der Waals surface area contributed by atoms with Crippen molar-refractivity contribution in [2.24, 2.45) is 0 Å². The van der Waals surface area contributed by atoms with Gasteiger partial charge in [-0.15, -0.1) is 10.2 Å². The maximum absolute atomic E-state index is 6.52. The van der Waals surface area contributed by atoms with Gasteiger partial charge in [0.2, 0.25) is 11.0 Å². The Balaban J connectivity index is 1.47. The number of thioether (sulfide) groups is 1. The monoisotopic (exact) mass is 424 g/mol. The van der Waals surface area contributed by atoms with Gasteiger partial charge in [-0.25, -0.2) is 0 Å². The molecule has 29 heavy (non-hydrogen) atoms. The Morgan fingerprint density at radius 3 is 2.62 bits per heavy atom. The van der Waals surface area contributed by atoms with Gasteiger partial charge in [0.25, 0.3) is 0 Å². The van der Waals surface area contributed by atoms with Crippen LogP contribution >= 0.6 is 23.4 Å². The molecule has 3 aromatic rings. The fraction of sp³-hybridized carbons (Fsp3) is 0.318. The molecule has 1 saturated carbocycles. The number of fused-ring (bicyclic) bond motifs is 3. The van der Waals surface area contributed by atoms with E-state index >= 15 is 0 Å². The minimum absolute atomic E-state index is 0.423. The highest BCUT2D eigenvalue weighted by Crippen LogP contribution is 2.43. The molecule has 1 aliphatic heterocycles. The van der Waals surface area contributed by atoms with E-state index in [1.807, 2.05) is 42.5 Å². The number of hydrogen-bond donors (Lipinski definition) is 1. The second-order valence-corrected chi connectivity index (χ2v) is 8.87. The minimum Gasteiger partial charge on any atom is -0.449 e. The van der Waals surface area contributed by atoms with E-state index in [-0.39, 0.29) is 0 Å². The highest BCUT2D eigenvalue weighted by Gasteiger charge is 2.39. The molecule has 2 aromatic carbocycles. The molecule has 1 spiro atoms. The van der Waals surface area contributed by atoms with E-state index in [9.17, 15) is 0 Å². The molecule has 7 heteroatoms. The number of nitrogens with zero attached hydrogens (tertiary/aromatic N) is 3. The van der Waals surface area contributed by atoms with Gasteiger partial charge in [0.1, 0.15) is 0 Å². The Hall–Kier alpha value is -2.31. The van der Waals surface area contributed by atoms with Crippen molar-refractivity contribution in [3.05, 3.63) is 59.1 Å². The molecule has 1 fully saturated rings. The van der Waals surface area contributed by atoms with Crippen LogP contribution in [0.25, 0.3) is 11.3 Å². The summed E-state index contributed by atoms with van der Waals surface area (Å²) in [7, 11) is 0. The lowest BCUT2D eigenvalue weighted by Crippen LogP contribution is -2.45. The van der Waals surface area contributed by atoms with Gasteiger partial charge in [-0.3, -0.25) is 0 Å². The molecule has 5 nitrogen and oxygen atoms in total. The first kappa shape index (κ1) is 18.7. The molecular formula is C22H21ClN4OS. The molecular weight excluding hydrogens is 404 g/mol. The summed E-state index contributed by atoms with van der Waals surface area (Å²) >= 11 is 7.52. The minimum atomic E-state index is -0.423. The van der Waals surface area contributed by atoms with Gasteiger partial charge in [0.15, 0.2) is 11.4 Å². The number of ether oxygens (including phenoxy) is 1. The first-order chi connectivity index (χ1) is 14.2. The third kappa shape index (κ3) is 3.91. The van der Waals surface area contributed by atoms with Crippen LogP contribution < -0.4 is 10.1 Å². The van der Waals surface area contributed by atoms with Crippen LogP contribution in [0.2, 0.25) is 5.02 Å². The summed E-state index contributed by atoms with van der Waals surface area (Å²) in [4.78, 5) is 4.76. The van der Waals surface area contributed by atoms with Crippen LogP contribution in [0.1, 0.15) is 37.7 Å². The largest absolute Gasteiger partial charge is 0.449 e. The first-order valence-corrected chi connectivity index (χ1v) is 11.3. The van der Waals surface area contributed by atoms with Crippen LogP contribution in [0.3, 0.4) is 0 Å². The zero-order valence-electron chi connectivity index (χ0n) is 15.9. The molecule has 1 N–H and O–H groups in total. The lowest BCUT2D eigenvalue weighted by molar-refractivity contribution is 0.0536. The van der Waals surface area contributed by atoms with Gasteiger partial charge in [-0.05, 0) is 36.6 Å². The van der Waals surface area contributed by atoms with Crippen molar-refractivity contribution >= 4 is 29.1 Å². The van der Waals surface area contributed by atoms with E-state index in [0.717, 1.165) is 53.3 Å². The summed E-state index contributed by atoms with van der Waals surface area (Å²) in [6.07, 6.45) is 5.43. The van der Waals surface area contributed by atoms with Crippen molar-refractivity contribution in [3.8, 4) is 17.1 Å². The van der Waals surface area contributed by atoms with Gasteiger partial charge >= 0.3 is 0 Å².